The van der Waals surface area contributed by atoms with Crippen LogP contribution < -0.4 is 11.1 Å². The molecule has 0 bridgehead atoms. The monoisotopic (exact) mass is 321 g/mol. The van der Waals surface area contributed by atoms with Crippen LogP contribution in [0.15, 0.2) is 53.4 Å². The summed E-state index contributed by atoms with van der Waals surface area (Å²) < 4.78 is 0. The number of hydrogen-bond acceptors (Lipinski definition) is 4. The van der Waals surface area contributed by atoms with E-state index in [2.05, 4.69) is 33.2 Å². The average Bonchev–Trinajstić information content (AvgIpc) is 3.24. The van der Waals surface area contributed by atoms with Crippen LogP contribution in [0.4, 0.5) is 5.82 Å². The molecular formula is C18H15N3OS. The third-order valence-electron chi connectivity index (χ3n) is 4.22. The van der Waals surface area contributed by atoms with E-state index in [4.69, 9.17) is 5.73 Å². The summed E-state index contributed by atoms with van der Waals surface area (Å²) in [4.78, 5) is 15.8. The first-order valence-electron chi connectivity index (χ1n) is 7.38. The molecule has 1 atom stereocenters. The van der Waals surface area contributed by atoms with Crippen molar-refractivity contribution in [1.82, 2.24) is 4.98 Å². The Morgan fingerprint density at radius 2 is 2.04 bits per heavy atom. The van der Waals surface area contributed by atoms with Gasteiger partial charge in [-0.05, 0) is 46.2 Å². The van der Waals surface area contributed by atoms with E-state index in [1.54, 1.807) is 23.5 Å². The van der Waals surface area contributed by atoms with Gasteiger partial charge in [-0.1, -0.05) is 12.1 Å². The first kappa shape index (κ1) is 14.0. The van der Waals surface area contributed by atoms with Gasteiger partial charge >= 0.3 is 0 Å². The SMILES string of the molecule is NC(=O)c1ccc(C2CNc3ncc(-c4ccsc4)cc32)cc1. The number of carbonyl (C=O) groups excluding carboxylic acids is 1. The summed E-state index contributed by atoms with van der Waals surface area (Å²) in [5, 5.41) is 7.56. The summed E-state index contributed by atoms with van der Waals surface area (Å²) in [6.07, 6.45) is 1.91. The first-order chi connectivity index (χ1) is 11.2. The normalized spacial score (nSPS) is 15.9. The molecule has 4 rings (SSSR count). The molecule has 1 unspecified atom stereocenters. The van der Waals surface area contributed by atoms with Crippen molar-refractivity contribution in [3.63, 3.8) is 0 Å². The molecule has 23 heavy (non-hydrogen) atoms. The van der Waals surface area contributed by atoms with Crippen molar-refractivity contribution in [3.8, 4) is 11.1 Å². The lowest BCUT2D eigenvalue weighted by atomic mass is 9.92. The van der Waals surface area contributed by atoms with Crippen LogP contribution in [-0.4, -0.2) is 17.4 Å². The fraction of sp³-hybridized carbons (Fsp3) is 0.111. The van der Waals surface area contributed by atoms with Gasteiger partial charge in [0.2, 0.25) is 5.91 Å². The predicted molar refractivity (Wildman–Crippen MR) is 92.8 cm³/mol. The van der Waals surface area contributed by atoms with E-state index in [1.807, 2.05) is 18.3 Å². The standard InChI is InChI=1S/C18H15N3OS/c19-17(22)12-3-1-11(2-4-12)16-9-21-18-15(16)7-14(8-20-18)13-5-6-23-10-13/h1-8,10,16H,9H2,(H2,19,22)(H,20,21). The molecule has 114 valence electrons. The molecule has 2 aromatic heterocycles. The fourth-order valence-corrected chi connectivity index (χ4v) is 3.63. The van der Waals surface area contributed by atoms with Gasteiger partial charge in [0.05, 0.1) is 0 Å². The molecule has 5 heteroatoms. The zero-order valence-corrected chi connectivity index (χ0v) is 13.1. The van der Waals surface area contributed by atoms with Crippen LogP contribution in [0.25, 0.3) is 11.1 Å². The van der Waals surface area contributed by atoms with E-state index < -0.39 is 5.91 Å². The number of nitrogens with zero attached hydrogens (tertiary/aromatic N) is 1. The minimum Gasteiger partial charge on any atom is -0.369 e. The van der Waals surface area contributed by atoms with Gasteiger partial charge in [-0.2, -0.15) is 11.3 Å². The Labute approximate surface area is 138 Å². The van der Waals surface area contributed by atoms with Gasteiger partial charge in [-0.15, -0.1) is 0 Å². The van der Waals surface area contributed by atoms with Crippen LogP contribution in [-0.2, 0) is 0 Å². The maximum Gasteiger partial charge on any atom is 0.248 e. The lowest BCUT2D eigenvalue weighted by molar-refractivity contribution is 0.100. The van der Waals surface area contributed by atoms with Crippen molar-refractivity contribution in [2.75, 3.05) is 11.9 Å². The summed E-state index contributed by atoms with van der Waals surface area (Å²) in [6.45, 7) is 0.811. The Kier molecular flexibility index (Phi) is 3.35. The summed E-state index contributed by atoms with van der Waals surface area (Å²) in [6, 6.07) is 11.8. The van der Waals surface area contributed by atoms with Crippen molar-refractivity contribution >= 4 is 23.1 Å². The third-order valence-corrected chi connectivity index (χ3v) is 4.90. The van der Waals surface area contributed by atoms with Crippen molar-refractivity contribution in [2.45, 2.75) is 5.92 Å². The minimum absolute atomic E-state index is 0.234. The van der Waals surface area contributed by atoms with E-state index in [1.165, 1.54) is 11.1 Å². The molecule has 0 spiro atoms. The molecule has 1 aromatic carbocycles. The smallest absolute Gasteiger partial charge is 0.248 e. The van der Waals surface area contributed by atoms with E-state index in [9.17, 15) is 4.79 Å². The average molecular weight is 321 g/mol. The molecule has 3 N–H and O–H groups in total. The number of benzene rings is 1. The summed E-state index contributed by atoms with van der Waals surface area (Å²) in [5.41, 5.74) is 10.5. The molecule has 1 amide bonds. The van der Waals surface area contributed by atoms with Crippen molar-refractivity contribution in [1.29, 1.82) is 0 Å². The van der Waals surface area contributed by atoms with Crippen LogP contribution >= 0.6 is 11.3 Å². The lowest BCUT2D eigenvalue weighted by Crippen LogP contribution is -2.11. The van der Waals surface area contributed by atoms with E-state index in [-0.39, 0.29) is 5.92 Å². The Morgan fingerprint density at radius 3 is 2.74 bits per heavy atom. The highest BCUT2D eigenvalue weighted by atomic mass is 32.1. The highest BCUT2D eigenvalue weighted by Crippen LogP contribution is 2.37. The van der Waals surface area contributed by atoms with Gasteiger partial charge in [0.15, 0.2) is 0 Å². The predicted octanol–water partition coefficient (Wildman–Crippen LogP) is 3.47. The number of carbonyl (C=O) groups is 1. The second-order valence-electron chi connectivity index (χ2n) is 5.59. The largest absolute Gasteiger partial charge is 0.369 e. The maximum absolute atomic E-state index is 11.2. The fourth-order valence-electron chi connectivity index (χ4n) is 2.97. The van der Waals surface area contributed by atoms with Crippen molar-refractivity contribution in [2.24, 2.45) is 5.73 Å². The quantitative estimate of drug-likeness (QED) is 0.776. The first-order valence-corrected chi connectivity index (χ1v) is 8.33. The molecule has 0 saturated carbocycles. The number of rotatable bonds is 3. The Morgan fingerprint density at radius 1 is 1.22 bits per heavy atom. The number of thiophene rings is 1. The molecule has 3 aromatic rings. The molecule has 0 fully saturated rings. The molecule has 3 heterocycles. The highest BCUT2D eigenvalue weighted by Gasteiger charge is 2.25. The number of nitrogens with two attached hydrogens (primary N) is 1. The van der Waals surface area contributed by atoms with E-state index in [0.29, 0.717) is 5.56 Å². The number of anilines is 1. The second kappa shape index (κ2) is 5.52. The number of pyridine rings is 1. The Bertz CT molecular complexity index is 856. The van der Waals surface area contributed by atoms with Crippen LogP contribution in [0.1, 0.15) is 27.4 Å². The zero-order valence-electron chi connectivity index (χ0n) is 12.3. The van der Waals surface area contributed by atoms with Crippen LogP contribution in [0.3, 0.4) is 0 Å². The van der Waals surface area contributed by atoms with Crippen LogP contribution in [0, 0.1) is 0 Å². The van der Waals surface area contributed by atoms with Gasteiger partial charge in [-0.25, -0.2) is 4.98 Å². The number of fused-ring (bicyclic) bond motifs is 1. The summed E-state index contributed by atoms with van der Waals surface area (Å²) in [5.74, 6) is 0.772. The zero-order chi connectivity index (χ0) is 15.8. The van der Waals surface area contributed by atoms with Gasteiger partial charge in [0.25, 0.3) is 0 Å². The number of primary amides is 1. The Hall–Kier alpha value is -2.66. The minimum atomic E-state index is -0.400. The van der Waals surface area contributed by atoms with Gasteiger partial charge in [0.1, 0.15) is 5.82 Å². The van der Waals surface area contributed by atoms with E-state index in [0.717, 1.165) is 23.5 Å². The van der Waals surface area contributed by atoms with Crippen molar-refractivity contribution < 1.29 is 4.79 Å². The molecule has 1 aliphatic heterocycles. The summed E-state index contributed by atoms with van der Waals surface area (Å²) >= 11 is 1.68. The van der Waals surface area contributed by atoms with Crippen molar-refractivity contribution in [3.05, 3.63) is 70.0 Å². The lowest BCUT2D eigenvalue weighted by Gasteiger charge is -2.11. The highest BCUT2D eigenvalue weighted by molar-refractivity contribution is 7.08. The number of nitrogens with one attached hydrogen (secondary N) is 1. The summed E-state index contributed by atoms with van der Waals surface area (Å²) in [7, 11) is 0. The van der Waals surface area contributed by atoms with Crippen LogP contribution in [0.2, 0.25) is 0 Å². The molecule has 0 saturated heterocycles. The molecule has 0 radical (unpaired) electrons. The maximum atomic E-state index is 11.2. The van der Waals surface area contributed by atoms with E-state index >= 15 is 0 Å². The number of hydrogen-bond donors (Lipinski definition) is 2. The van der Waals surface area contributed by atoms with Gasteiger partial charge in [-0.3, -0.25) is 4.79 Å². The topological polar surface area (TPSA) is 68.0 Å². The van der Waals surface area contributed by atoms with Gasteiger partial charge < -0.3 is 11.1 Å². The number of aromatic nitrogens is 1. The molecular weight excluding hydrogens is 306 g/mol. The number of amides is 1. The second-order valence-corrected chi connectivity index (χ2v) is 6.37. The molecule has 4 nitrogen and oxygen atoms in total. The molecule has 1 aliphatic rings. The van der Waals surface area contributed by atoms with Gasteiger partial charge in [0, 0.05) is 35.3 Å². The van der Waals surface area contributed by atoms with Crippen LogP contribution in [0.5, 0.6) is 0 Å². The molecule has 0 aliphatic carbocycles. The Balaban J connectivity index is 1.71. The third kappa shape index (κ3) is 2.49.